The van der Waals surface area contributed by atoms with E-state index in [4.69, 9.17) is 9.47 Å². The molecule has 0 saturated carbocycles. The molecule has 1 aliphatic heterocycles. The average Bonchev–Trinajstić information content (AvgIpc) is 3.07. The van der Waals surface area contributed by atoms with E-state index in [-0.39, 0.29) is 31.4 Å². The van der Waals surface area contributed by atoms with Crippen molar-refractivity contribution in [1.29, 1.82) is 0 Å². The Kier molecular flexibility index (Phi) is 9.03. The number of thioether (sulfide) groups is 1. The second kappa shape index (κ2) is 11.7. The lowest BCUT2D eigenvalue weighted by atomic mass is 10.3. The number of esters is 2. The number of methoxy groups -OCH3 is 1. The van der Waals surface area contributed by atoms with Crippen LogP contribution in [0, 0.1) is 0 Å². The van der Waals surface area contributed by atoms with E-state index < -0.39 is 17.8 Å². The molecule has 1 saturated heterocycles. The van der Waals surface area contributed by atoms with Crippen molar-refractivity contribution in [3.05, 3.63) is 41.4 Å². The fourth-order valence-electron chi connectivity index (χ4n) is 2.28. The van der Waals surface area contributed by atoms with Crippen molar-refractivity contribution in [1.82, 2.24) is 10.2 Å². The molecule has 0 radical (unpaired) electrons. The van der Waals surface area contributed by atoms with Gasteiger partial charge in [-0.1, -0.05) is 30.0 Å². The third-order valence-corrected chi connectivity index (χ3v) is 4.71. The Morgan fingerprint density at radius 3 is 2.72 bits per heavy atom. The highest BCUT2D eigenvalue weighted by atomic mass is 32.2. The van der Waals surface area contributed by atoms with E-state index in [1.54, 1.807) is 24.3 Å². The molecule has 2 rings (SSSR count). The first-order valence-electron chi connectivity index (χ1n) is 8.82. The van der Waals surface area contributed by atoms with Crippen LogP contribution in [0.5, 0.6) is 5.75 Å². The van der Waals surface area contributed by atoms with Crippen LogP contribution in [0.3, 0.4) is 0 Å². The highest BCUT2D eigenvalue weighted by Crippen LogP contribution is 2.28. The number of hydrogen-bond donors (Lipinski definition) is 1. The third kappa shape index (κ3) is 7.86. The predicted molar refractivity (Wildman–Crippen MR) is 105 cm³/mol. The SMILES string of the molecule is COC(=O)/C=C1/SCC(=O)N1CCCOC(=O)CNC(=O)COc1ccccc1. The molecule has 10 heteroatoms. The van der Waals surface area contributed by atoms with Gasteiger partial charge in [0.05, 0.1) is 30.6 Å². The lowest BCUT2D eigenvalue weighted by Gasteiger charge is -2.16. The summed E-state index contributed by atoms with van der Waals surface area (Å²) >= 11 is 1.25. The van der Waals surface area contributed by atoms with E-state index in [2.05, 4.69) is 10.1 Å². The van der Waals surface area contributed by atoms with Crippen molar-refractivity contribution in [2.75, 3.05) is 39.2 Å². The smallest absolute Gasteiger partial charge is 0.333 e. The maximum absolute atomic E-state index is 11.9. The number of benzene rings is 1. The van der Waals surface area contributed by atoms with Gasteiger partial charge in [-0.2, -0.15) is 0 Å². The zero-order valence-electron chi connectivity index (χ0n) is 15.9. The van der Waals surface area contributed by atoms with E-state index in [0.717, 1.165) is 0 Å². The molecule has 0 bridgehead atoms. The van der Waals surface area contributed by atoms with Crippen molar-refractivity contribution in [3.63, 3.8) is 0 Å². The van der Waals surface area contributed by atoms with Gasteiger partial charge in [-0.3, -0.25) is 14.4 Å². The number of carbonyl (C=O) groups excluding carboxylic acids is 4. The summed E-state index contributed by atoms with van der Waals surface area (Å²) in [7, 11) is 1.26. The summed E-state index contributed by atoms with van der Waals surface area (Å²) in [6.45, 7) is -0.0985. The molecule has 0 spiro atoms. The molecule has 0 aromatic heterocycles. The topological polar surface area (TPSA) is 111 Å². The molecule has 1 aromatic rings. The molecule has 0 atom stereocenters. The molecule has 0 unspecified atom stereocenters. The Morgan fingerprint density at radius 1 is 1.24 bits per heavy atom. The molecule has 1 aliphatic rings. The first kappa shape index (κ1) is 22.3. The zero-order chi connectivity index (χ0) is 21.1. The van der Waals surface area contributed by atoms with Crippen LogP contribution in [0.15, 0.2) is 41.4 Å². The highest BCUT2D eigenvalue weighted by molar-refractivity contribution is 8.04. The van der Waals surface area contributed by atoms with Crippen molar-refractivity contribution in [2.45, 2.75) is 6.42 Å². The normalized spacial score (nSPS) is 14.6. The third-order valence-electron chi connectivity index (χ3n) is 3.69. The van der Waals surface area contributed by atoms with Crippen LogP contribution in [0.4, 0.5) is 0 Å². The summed E-state index contributed by atoms with van der Waals surface area (Å²) < 4.78 is 14.9. The maximum Gasteiger partial charge on any atom is 0.333 e. The number of ether oxygens (including phenoxy) is 3. The van der Waals surface area contributed by atoms with Gasteiger partial charge >= 0.3 is 11.9 Å². The minimum Gasteiger partial charge on any atom is -0.484 e. The van der Waals surface area contributed by atoms with Crippen molar-refractivity contribution >= 4 is 35.5 Å². The van der Waals surface area contributed by atoms with Gasteiger partial charge in [0.15, 0.2) is 6.61 Å². The van der Waals surface area contributed by atoms with Crippen LogP contribution < -0.4 is 10.1 Å². The molecular formula is C19H22N2O7S. The van der Waals surface area contributed by atoms with Crippen LogP contribution in [0.2, 0.25) is 0 Å². The number of nitrogens with one attached hydrogen (secondary N) is 1. The van der Waals surface area contributed by atoms with E-state index in [0.29, 0.717) is 23.7 Å². The highest BCUT2D eigenvalue weighted by Gasteiger charge is 2.27. The molecule has 2 amide bonds. The van der Waals surface area contributed by atoms with Crippen molar-refractivity contribution in [3.8, 4) is 5.75 Å². The van der Waals surface area contributed by atoms with Gasteiger partial charge < -0.3 is 24.4 Å². The molecule has 156 valence electrons. The molecule has 1 N–H and O–H groups in total. The van der Waals surface area contributed by atoms with Crippen LogP contribution >= 0.6 is 11.8 Å². The van der Waals surface area contributed by atoms with Crippen LogP contribution in [0.1, 0.15) is 6.42 Å². The maximum atomic E-state index is 11.9. The van der Waals surface area contributed by atoms with E-state index in [9.17, 15) is 19.2 Å². The number of carbonyl (C=O) groups is 4. The summed E-state index contributed by atoms with van der Waals surface area (Å²) in [5.74, 6) is -0.887. The van der Waals surface area contributed by atoms with Gasteiger partial charge in [-0.15, -0.1) is 0 Å². The average molecular weight is 422 g/mol. The molecule has 1 fully saturated rings. The molecule has 29 heavy (non-hydrogen) atoms. The first-order chi connectivity index (χ1) is 14.0. The summed E-state index contributed by atoms with van der Waals surface area (Å²) in [6.07, 6.45) is 1.65. The monoisotopic (exact) mass is 422 g/mol. The van der Waals surface area contributed by atoms with Crippen molar-refractivity contribution in [2.24, 2.45) is 0 Å². The van der Waals surface area contributed by atoms with Gasteiger partial charge in [0.1, 0.15) is 12.3 Å². The van der Waals surface area contributed by atoms with Crippen LogP contribution in [-0.2, 0) is 28.7 Å². The Labute approximate surface area is 172 Å². The number of para-hydroxylation sites is 1. The molecule has 1 heterocycles. The summed E-state index contributed by atoms with van der Waals surface area (Å²) in [5, 5.41) is 2.92. The fraction of sp³-hybridized carbons (Fsp3) is 0.368. The Bertz CT molecular complexity index is 767. The van der Waals surface area contributed by atoms with Crippen molar-refractivity contribution < 1.29 is 33.4 Å². The first-order valence-corrected chi connectivity index (χ1v) is 9.81. The second-order valence-electron chi connectivity index (χ2n) is 5.79. The van der Waals surface area contributed by atoms with Crippen LogP contribution in [-0.4, -0.2) is 67.8 Å². The van der Waals surface area contributed by atoms with E-state index >= 15 is 0 Å². The number of nitrogens with zero attached hydrogens (tertiary/aromatic N) is 1. The summed E-state index contributed by atoms with van der Waals surface area (Å²) in [5.41, 5.74) is 0. The number of rotatable bonds is 10. The van der Waals surface area contributed by atoms with Gasteiger partial charge in [-0.25, -0.2) is 4.79 Å². The van der Waals surface area contributed by atoms with Gasteiger partial charge in [0, 0.05) is 6.54 Å². The predicted octanol–water partition coefficient (Wildman–Crippen LogP) is 0.705. The second-order valence-corrected chi connectivity index (χ2v) is 6.79. The summed E-state index contributed by atoms with van der Waals surface area (Å²) in [6, 6.07) is 8.84. The lowest BCUT2D eigenvalue weighted by Crippen LogP contribution is -2.34. The number of amides is 2. The van der Waals surface area contributed by atoms with E-state index in [1.165, 1.54) is 29.8 Å². The Morgan fingerprint density at radius 2 is 2.00 bits per heavy atom. The van der Waals surface area contributed by atoms with Gasteiger partial charge in [-0.05, 0) is 18.6 Å². The number of hydrogen-bond acceptors (Lipinski definition) is 8. The fourth-order valence-corrected chi connectivity index (χ4v) is 3.23. The van der Waals surface area contributed by atoms with Crippen LogP contribution in [0.25, 0.3) is 0 Å². The Balaban J connectivity index is 1.61. The summed E-state index contributed by atoms with van der Waals surface area (Å²) in [4.78, 5) is 48.0. The quantitative estimate of drug-likeness (QED) is 0.333. The minimum absolute atomic E-state index is 0.0785. The lowest BCUT2D eigenvalue weighted by molar-refractivity contribution is -0.144. The Hall–Kier alpha value is -3.01. The van der Waals surface area contributed by atoms with Gasteiger partial charge in [0.25, 0.3) is 5.91 Å². The molecule has 9 nitrogen and oxygen atoms in total. The molecule has 1 aromatic carbocycles. The van der Waals surface area contributed by atoms with Gasteiger partial charge in [0.2, 0.25) is 5.91 Å². The zero-order valence-corrected chi connectivity index (χ0v) is 16.7. The molecule has 0 aliphatic carbocycles. The standard InChI is InChI=1S/C19H22N2O7S/c1-26-18(24)10-17-21(16(23)13-29-17)8-5-9-27-19(25)11-20-15(22)12-28-14-6-3-2-4-7-14/h2-4,6-7,10H,5,8-9,11-13H2,1H3,(H,20,22)/b17-10+. The minimum atomic E-state index is -0.592. The largest absolute Gasteiger partial charge is 0.484 e. The van der Waals surface area contributed by atoms with E-state index in [1.807, 2.05) is 6.07 Å². The molecular weight excluding hydrogens is 400 g/mol.